The maximum Gasteiger partial charge on any atom is 0.336 e. The molecule has 2 aromatic rings. The van der Waals surface area contributed by atoms with Gasteiger partial charge in [-0.25, -0.2) is 4.79 Å². The van der Waals surface area contributed by atoms with Crippen LogP contribution in [0.5, 0.6) is 11.5 Å². The van der Waals surface area contributed by atoms with E-state index in [-0.39, 0.29) is 5.57 Å². The fourth-order valence-electron chi connectivity index (χ4n) is 2.21. The maximum absolute atomic E-state index is 11.6. The van der Waals surface area contributed by atoms with Crippen molar-refractivity contribution in [1.29, 1.82) is 0 Å². The van der Waals surface area contributed by atoms with Crippen LogP contribution in [0.1, 0.15) is 24.5 Å². The first kappa shape index (κ1) is 17.4. The highest BCUT2D eigenvalue weighted by Gasteiger charge is 2.12. The summed E-state index contributed by atoms with van der Waals surface area (Å²) in [6, 6.07) is 12.1. The van der Waals surface area contributed by atoms with E-state index >= 15 is 0 Å². The van der Waals surface area contributed by atoms with E-state index in [0.29, 0.717) is 29.4 Å². The lowest BCUT2D eigenvalue weighted by molar-refractivity contribution is -0.130. The van der Waals surface area contributed by atoms with Gasteiger partial charge in [0.25, 0.3) is 0 Å². The van der Waals surface area contributed by atoms with Crippen LogP contribution in [0, 0.1) is 0 Å². The Hall–Kier alpha value is -2.95. The van der Waals surface area contributed by atoms with Crippen LogP contribution in [0.2, 0.25) is 0 Å². The second-order valence-electron chi connectivity index (χ2n) is 5.24. The van der Waals surface area contributed by atoms with E-state index in [0.717, 1.165) is 12.0 Å². The molecule has 0 spiro atoms. The highest BCUT2D eigenvalue weighted by molar-refractivity contribution is 6.20. The lowest BCUT2D eigenvalue weighted by atomic mass is 10.0. The molecule has 0 saturated heterocycles. The summed E-state index contributed by atoms with van der Waals surface area (Å²) in [4.78, 5) is 11.6. The van der Waals surface area contributed by atoms with Crippen LogP contribution >= 0.6 is 0 Å². The minimum absolute atomic E-state index is 0.182. The third-order valence-electron chi connectivity index (χ3n) is 3.41. The molecule has 0 atom stereocenters. The van der Waals surface area contributed by atoms with Crippen molar-refractivity contribution >= 4 is 23.3 Å². The third kappa shape index (κ3) is 4.29. The fraction of sp³-hybridized carbons (Fsp3) is 0.211. The standard InChI is InChI=1S/C19H21NO4/c1-3-10-24-18-12-13(4-9-17(18)23-2)11-16(19(21)22)14-5-7-15(20)8-6-14/h4-9,11-12H,3,10,20H2,1-2H3,(H,21,22)/b16-11-. The second-order valence-corrected chi connectivity index (χ2v) is 5.24. The number of carboxylic acid groups (broad SMARTS) is 1. The molecule has 126 valence electrons. The molecule has 0 radical (unpaired) electrons. The summed E-state index contributed by atoms with van der Waals surface area (Å²) in [5.41, 5.74) is 7.73. The lowest BCUT2D eigenvalue weighted by Crippen LogP contribution is -2.01. The minimum atomic E-state index is -1.01. The van der Waals surface area contributed by atoms with Crippen LogP contribution in [0.4, 0.5) is 5.69 Å². The molecule has 0 aliphatic heterocycles. The Morgan fingerprint density at radius 1 is 1.17 bits per heavy atom. The van der Waals surface area contributed by atoms with E-state index in [1.807, 2.05) is 6.92 Å². The molecular formula is C19H21NO4. The van der Waals surface area contributed by atoms with Gasteiger partial charge in [-0.2, -0.15) is 0 Å². The third-order valence-corrected chi connectivity index (χ3v) is 3.41. The van der Waals surface area contributed by atoms with Crippen LogP contribution in [0.25, 0.3) is 11.6 Å². The monoisotopic (exact) mass is 327 g/mol. The average molecular weight is 327 g/mol. The van der Waals surface area contributed by atoms with Crippen LogP contribution < -0.4 is 15.2 Å². The van der Waals surface area contributed by atoms with Gasteiger partial charge in [0.2, 0.25) is 0 Å². The van der Waals surface area contributed by atoms with E-state index in [4.69, 9.17) is 15.2 Å². The zero-order chi connectivity index (χ0) is 17.5. The van der Waals surface area contributed by atoms with Gasteiger partial charge in [-0.05, 0) is 47.9 Å². The van der Waals surface area contributed by atoms with Crippen molar-refractivity contribution < 1.29 is 19.4 Å². The van der Waals surface area contributed by atoms with Crippen molar-refractivity contribution in [1.82, 2.24) is 0 Å². The summed E-state index contributed by atoms with van der Waals surface area (Å²) in [5.74, 6) is 0.201. The quantitative estimate of drug-likeness (QED) is 0.460. The molecule has 0 heterocycles. The van der Waals surface area contributed by atoms with Gasteiger partial charge in [-0.1, -0.05) is 25.1 Å². The smallest absolute Gasteiger partial charge is 0.336 e. The molecule has 0 bridgehead atoms. The van der Waals surface area contributed by atoms with Crippen LogP contribution in [-0.2, 0) is 4.79 Å². The van der Waals surface area contributed by atoms with E-state index in [1.165, 1.54) is 0 Å². The van der Waals surface area contributed by atoms with Gasteiger partial charge in [0, 0.05) is 5.69 Å². The number of nitrogens with two attached hydrogens (primary N) is 1. The van der Waals surface area contributed by atoms with Crippen LogP contribution in [-0.4, -0.2) is 24.8 Å². The Labute approximate surface area is 141 Å². The molecule has 5 nitrogen and oxygen atoms in total. The molecule has 2 aromatic carbocycles. The highest BCUT2D eigenvalue weighted by Crippen LogP contribution is 2.30. The highest BCUT2D eigenvalue weighted by atomic mass is 16.5. The Morgan fingerprint density at radius 3 is 2.46 bits per heavy atom. The fourth-order valence-corrected chi connectivity index (χ4v) is 2.21. The summed E-state index contributed by atoms with van der Waals surface area (Å²) in [6.45, 7) is 2.58. The molecular weight excluding hydrogens is 306 g/mol. The van der Waals surface area contributed by atoms with Crippen molar-refractivity contribution in [3.05, 3.63) is 53.6 Å². The second kappa shape index (κ2) is 8.06. The first-order valence-electron chi connectivity index (χ1n) is 7.67. The molecule has 24 heavy (non-hydrogen) atoms. The number of aliphatic carboxylic acids is 1. The summed E-state index contributed by atoms with van der Waals surface area (Å²) in [5, 5.41) is 9.51. The summed E-state index contributed by atoms with van der Waals surface area (Å²) in [6.07, 6.45) is 2.47. The number of hydrogen-bond donors (Lipinski definition) is 2. The largest absolute Gasteiger partial charge is 0.493 e. The summed E-state index contributed by atoms with van der Waals surface area (Å²) >= 11 is 0. The number of hydrogen-bond acceptors (Lipinski definition) is 4. The lowest BCUT2D eigenvalue weighted by Gasteiger charge is -2.11. The van der Waals surface area contributed by atoms with Crippen molar-refractivity contribution in [2.24, 2.45) is 0 Å². The maximum atomic E-state index is 11.6. The van der Waals surface area contributed by atoms with Crippen LogP contribution in [0.15, 0.2) is 42.5 Å². The van der Waals surface area contributed by atoms with Gasteiger partial charge in [-0.15, -0.1) is 0 Å². The van der Waals surface area contributed by atoms with E-state index < -0.39 is 5.97 Å². The number of benzene rings is 2. The molecule has 0 unspecified atom stereocenters. The molecule has 3 N–H and O–H groups in total. The van der Waals surface area contributed by atoms with Crippen molar-refractivity contribution in [2.45, 2.75) is 13.3 Å². The molecule has 0 saturated carbocycles. The summed E-state index contributed by atoms with van der Waals surface area (Å²) < 4.78 is 10.9. The van der Waals surface area contributed by atoms with Gasteiger partial charge in [0.1, 0.15) is 0 Å². The molecule has 0 aliphatic carbocycles. The molecule has 0 aliphatic rings. The first-order valence-corrected chi connectivity index (χ1v) is 7.67. The van der Waals surface area contributed by atoms with E-state index in [1.54, 1.807) is 55.7 Å². The number of nitrogen functional groups attached to an aromatic ring is 1. The van der Waals surface area contributed by atoms with Gasteiger partial charge in [0.05, 0.1) is 19.3 Å². The van der Waals surface area contributed by atoms with Gasteiger partial charge >= 0.3 is 5.97 Å². The predicted molar refractivity (Wildman–Crippen MR) is 95.1 cm³/mol. The van der Waals surface area contributed by atoms with Crippen molar-refractivity contribution in [2.75, 3.05) is 19.5 Å². The van der Waals surface area contributed by atoms with Gasteiger partial charge in [0.15, 0.2) is 11.5 Å². The Kier molecular flexibility index (Phi) is 5.84. The Balaban J connectivity index is 2.41. The summed E-state index contributed by atoms with van der Waals surface area (Å²) in [7, 11) is 1.57. The zero-order valence-corrected chi connectivity index (χ0v) is 13.8. The minimum Gasteiger partial charge on any atom is -0.493 e. The van der Waals surface area contributed by atoms with Crippen molar-refractivity contribution in [3.8, 4) is 11.5 Å². The number of carbonyl (C=O) groups is 1. The SMILES string of the molecule is CCCOc1cc(/C=C(\C(=O)O)c2ccc(N)cc2)ccc1OC. The van der Waals surface area contributed by atoms with Crippen LogP contribution in [0.3, 0.4) is 0 Å². The number of anilines is 1. The van der Waals surface area contributed by atoms with Gasteiger partial charge < -0.3 is 20.3 Å². The molecule has 2 rings (SSSR count). The normalized spacial score (nSPS) is 11.2. The van der Waals surface area contributed by atoms with Crippen molar-refractivity contribution in [3.63, 3.8) is 0 Å². The topological polar surface area (TPSA) is 81.8 Å². The zero-order valence-electron chi connectivity index (χ0n) is 13.8. The molecule has 0 amide bonds. The van der Waals surface area contributed by atoms with E-state index in [9.17, 15) is 9.90 Å². The van der Waals surface area contributed by atoms with Gasteiger partial charge in [-0.3, -0.25) is 0 Å². The Bertz CT molecular complexity index is 736. The average Bonchev–Trinajstić information content (AvgIpc) is 2.58. The van der Waals surface area contributed by atoms with E-state index in [2.05, 4.69) is 0 Å². The Morgan fingerprint density at radius 2 is 1.88 bits per heavy atom. The predicted octanol–water partition coefficient (Wildman–Crippen LogP) is 3.69. The molecule has 5 heteroatoms. The number of rotatable bonds is 7. The molecule has 0 fully saturated rings. The number of methoxy groups -OCH3 is 1. The number of ether oxygens (including phenoxy) is 2. The first-order chi connectivity index (χ1) is 11.5. The molecule has 0 aromatic heterocycles. The number of carboxylic acids is 1.